The number of hydrogen-bond donors (Lipinski definition) is 2. The maximum absolute atomic E-state index is 5.01. The van der Waals surface area contributed by atoms with Crippen LogP contribution >= 0.6 is 0 Å². The van der Waals surface area contributed by atoms with Crippen molar-refractivity contribution < 1.29 is 9.57 Å². The lowest BCUT2D eigenvalue weighted by Gasteiger charge is -1.88. The Hall–Kier alpha value is -0.160. The van der Waals surface area contributed by atoms with E-state index in [1.54, 1.807) is 14.2 Å². The van der Waals surface area contributed by atoms with E-state index in [9.17, 15) is 0 Å². The van der Waals surface area contributed by atoms with Gasteiger partial charge in [0.05, 0.1) is 13.7 Å². The van der Waals surface area contributed by atoms with Crippen molar-refractivity contribution in [2.24, 2.45) is 5.73 Å². The van der Waals surface area contributed by atoms with Gasteiger partial charge in [0.2, 0.25) is 0 Å². The number of hydroxylamine groups is 1. The van der Waals surface area contributed by atoms with Crippen molar-refractivity contribution in [1.82, 2.24) is 5.48 Å². The molecular weight excluding hydrogens is 132 g/mol. The first kappa shape index (κ1) is 12.5. The quantitative estimate of drug-likeness (QED) is 0.542. The van der Waals surface area contributed by atoms with E-state index >= 15 is 0 Å². The summed E-state index contributed by atoms with van der Waals surface area (Å²) in [5.41, 5.74) is 7.63. The lowest BCUT2D eigenvalue weighted by molar-refractivity contribution is 0.0962. The van der Waals surface area contributed by atoms with Crippen molar-refractivity contribution in [3.63, 3.8) is 0 Å². The van der Waals surface area contributed by atoms with Crippen molar-refractivity contribution in [3.05, 3.63) is 0 Å². The predicted octanol–water partition coefficient (Wildman–Crippen LogP) is -0.251. The van der Waals surface area contributed by atoms with Crippen molar-refractivity contribution in [2.45, 2.75) is 6.92 Å². The molecule has 0 atom stereocenters. The molecule has 4 heteroatoms. The van der Waals surface area contributed by atoms with Crippen LogP contribution in [0, 0.1) is 0 Å². The third-order valence-corrected chi connectivity index (χ3v) is 0.611. The molecule has 0 fully saturated rings. The summed E-state index contributed by atoms with van der Waals surface area (Å²) in [4.78, 5) is 4.44. The monoisotopic (exact) mass is 150 g/mol. The largest absolute Gasteiger partial charge is 0.383 e. The van der Waals surface area contributed by atoms with Crippen LogP contribution in [0.2, 0.25) is 0 Å². The normalized spacial score (nSPS) is 8.40. The van der Waals surface area contributed by atoms with E-state index in [1.807, 2.05) is 6.92 Å². The van der Waals surface area contributed by atoms with Gasteiger partial charge in [0.25, 0.3) is 0 Å². The van der Waals surface area contributed by atoms with Crippen LogP contribution in [0.1, 0.15) is 6.92 Å². The number of nitrogens with two attached hydrogens (primary N) is 1. The maximum atomic E-state index is 5.01. The highest BCUT2D eigenvalue weighted by molar-refractivity contribution is 4.22. The lowest BCUT2D eigenvalue weighted by Crippen LogP contribution is -2.08. The highest BCUT2D eigenvalue weighted by Crippen LogP contribution is 1.53. The second-order valence-corrected chi connectivity index (χ2v) is 1.48. The second-order valence-electron chi connectivity index (χ2n) is 1.48. The molecule has 64 valence electrons. The third kappa shape index (κ3) is 24.9. The highest BCUT2D eigenvalue weighted by Gasteiger charge is 1.65. The van der Waals surface area contributed by atoms with Gasteiger partial charge in [-0.2, -0.15) is 0 Å². The Kier molecular flexibility index (Phi) is 19.9. The average Bonchev–Trinajstić information content (AvgIpc) is 1.93. The van der Waals surface area contributed by atoms with Gasteiger partial charge in [0, 0.05) is 20.2 Å². The van der Waals surface area contributed by atoms with Gasteiger partial charge in [-0.15, -0.1) is 0 Å². The van der Waals surface area contributed by atoms with Gasteiger partial charge in [-0.25, -0.2) is 5.48 Å². The molecule has 4 nitrogen and oxygen atoms in total. The zero-order valence-electron chi connectivity index (χ0n) is 7.02. The summed E-state index contributed by atoms with van der Waals surface area (Å²) < 4.78 is 4.57. The first-order chi connectivity index (χ1) is 4.83. The molecule has 0 bridgehead atoms. The van der Waals surface area contributed by atoms with Crippen LogP contribution in [0.15, 0.2) is 0 Å². The molecule has 0 rings (SSSR count). The molecule has 0 saturated carbocycles. The Morgan fingerprint density at radius 3 is 2.00 bits per heavy atom. The van der Waals surface area contributed by atoms with Crippen LogP contribution in [-0.4, -0.2) is 33.9 Å². The summed E-state index contributed by atoms with van der Waals surface area (Å²) in [5, 5.41) is 0. The summed E-state index contributed by atoms with van der Waals surface area (Å²) in [5.74, 6) is 0. The molecule has 3 N–H and O–H groups in total. The Balaban J connectivity index is 0. The molecule has 0 unspecified atom stereocenters. The Morgan fingerprint density at radius 2 is 2.00 bits per heavy atom. The van der Waals surface area contributed by atoms with Gasteiger partial charge in [-0.05, 0) is 0 Å². The number of ether oxygens (including phenoxy) is 1. The van der Waals surface area contributed by atoms with Gasteiger partial charge >= 0.3 is 0 Å². The van der Waals surface area contributed by atoms with Crippen molar-refractivity contribution in [1.29, 1.82) is 0 Å². The molecule has 0 aliphatic heterocycles. The van der Waals surface area contributed by atoms with Gasteiger partial charge in [0.1, 0.15) is 0 Å². The molecule has 0 saturated heterocycles. The average molecular weight is 150 g/mol. The minimum Gasteiger partial charge on any atom is -0.383 e. The Bertz CT molecular complexity index is 34.7. The fourth-order valence-corrected chi connectivity index (χ4v) is 0.262. The summed E-state index contributed by atoms with van der Waals surface area (Å²) >= 11 is 0. The summed E-state index contributed by atoms with van der Waals surface area (Å²) in [6, 6.07) is 0. The van der Waals surface area contributed by atoms with E-state index in [-0.39, 0.29) is 0 Å². The van der Waals surface area contributed by atoms with Gasteiger partial charge in [0.15, 0.2) is 0 Å². The minimum absolute atomic E-state index is 0.622. The summed E-state index contributed by atoms with van der Waals surface area (Å²) in [7, 11) is 3.23. The Labute approximate surface area is 62.6 Å². The zero-order chi connectivity index (χ0) is 8.24. The summed E-state index contributed by atoms with van der Waals surface area (Å²) in [6.07, 6.45) is 0. The molecule has 0 spiro atoms. The van der Waals surface area contributed by atoms with Crippen molar-refractivity contribution in [2.75, 3.05) is 33.9 Å². The fourth-order valence-electron chi connectivity index (χ4n) is 0.262. The van der Waals surface area contributed by atoms with Crippen LogP contribution < -0.4 is 11.2 Å². The van der Waals surface area contributed by atoms with Crippen molar-refractivity contribution >= 4 is 0 Å². The molecule has 0 heterocycles. The first-order valence-corrected chi connectivity index (χ1v) is 3.28. The van der Waals surface area contributed by atoms with E-state index < -0.39 is 0 Å². The SMILES string of the molecule is CCNOC.COCCN. The molecule has 0 aromatic heterocycles. The van der Waals surface area contributed by atoms with E-state index in [2.05, 4.69) is 15.1 Å². The lowest BCUT2D eigenvalue weighted by atomic mass is 10.7. The van der Waals surface area contributed by atoms with Crippen LogP contribution in [0.25, 0.3) is 0 Å². The fraction of sp³-hybridized carbons (Fsp3) is 1.00. The molecule has 10 heavy (non-hydrogen) atoms. The van der Waals surface area contributed by atoms with Gasteiger partial charge in [-0.3, -0.25) is 0 Å². The topological polar surface area (TPSA) is 56.5 Å². The molecule has 0 aliphatic carbocycles. The van der Waals surface area contributed by atoms with E-state index in [4.69, 9.17) is 5.73 Å². The van der Waals surface area contributed by atoms with Crippen molar-refractivity contribution in [3.8, 4) is 0 Å². The van der Waals surface area contributed by atoms with Crippen LogP contribution in [0.5, 0.6) is 0 Å². The van der Waals surface area contributed by atoms with Gasteiger partial charge in [-0.1, -0.05) is 6.92 Å². The standard InChI is InChI=1S/2C3H9NO/c1-5-3-2-4;1-3-4-5-2/h2-4H2,1H3;4H,3H2,1-2H3. The van der Waals surface area contributed by atoms with Crippen LogP contribution in [0.3, 0.4) is 0 Å². The number of nitrogens with one attached hydrogen (secondary N) is 1. The molecule has 0 radical (unpaired) electrons. The van der Waals surface area contributed by atoms with E-state index in [0.29, 0.717) is 13.2 Å². The van der Waals surface area contributed by atoms with Crippen LogP contribution in [-0.2, 0) is 9.57 Å². The maximum Gasteiger partial charge on any atom is 0.0584 e. The second kappa shape index (κ2) is 15.9. The van der Waals surface area contributed by atoms with E-state index in [1.165, 1.54) is 0 Å². The van der Waals surface area contributed by atoms with Crippen LogP contribution in [0.4, 0.5) is 0 Å². The summed E-state index contributed by atoms with van der Waals surface area (Å²) in [6.45, 7) is 4.14. The first-order valence-electron chi connectivity index (χ1n) is 3.28. The minimum atomic E-state index is 0.622. The van der Waals surface area contributed by atoms with Gasteiger partial charge < -0.3 is 15.3 Å². The molecule has 0 aromatic rings. The smallest absolute Gasteiger partial charge is 0.0584 e. The molecule has 0 aromatic carbocycles. The predicted molar refractivity (Wildman–Crippen MR) is 41.6 cm³/mol. The molecular formula is C6H18N2O2. The molecule has 0 aliphatic rings. The Morgan fingerprint density at radius 1 is 1.40 bits per heavy atom. The highest BCUT2D eigenvalue weighted by atomic mass is 16.6. The zero-order valence-corrected chi connectivity index (χ0v) is 7.02. The molecule has 0 amide bonds. The number of hydrogen-bond acceptors (Lipinski definition) is 4. The van der Waals surface area contributed by atoms with E-state index in [0.717, 1.165) is 6.54 Å². The number of rotatable bonds is 4. The number of methoxy groups -OCH3 is 1. The third-order valence-electron chi connectivity index (χ3n) is 0.611.